The molecule has 1 aromatic heterocycles. The van der Waals surface area contributed by atoms with E-state index < -0.39 is 5.60 Å². The summed E-state index contributed by atoms with van der Waals surface area (Å²) < 4.78 is 5.20. The summed E-state index contributed by atoms with van der Waals surface area (Å²) in [6, 6.07) is 13.3. The highest BCUT2D eigenvalue weighted by Gasteiger charge is 2.29. The zero-order chi connectivity index (χ0) is 22.0. The fourth-order valence-corrected chi connectivity index (χ4v) is 4.06. The van der Waals surface area contributed by atoms with Crippen molar-refractivity contribution in [1.29, 1.82) is 5.26 Å². The predicted octanol–water partition coefficient (Wildman–Crippen LogP) is 4.55. The van der Waals surface area contributed by atoms with Gasteiger partial charge in [0.1, 0.15) is 5.75 Å². The summed E-state index contributed by atoms with van der Waals surface area (Å²) in [4.78, 5) is 2.15. The van der Waals surface area contributed by atoms with Crippen LogP contribution in [0.25, 0.3) is 10.8 Å². The van der Waals surface area contributed by atoms with Crippen molar-refractivity contribution >= 4 is 46.4 Å². The van der Waals surface area contributed by atoms with Crippen molar-refractivity contribution in [2.75, 3.05) is 30.4 Å². The van der Waals surface area contributed by atoms with Gasteiger partial charge in [-0.1, -0.05) is 17.7 Å². The topological polar surface area (TPSA) is 94.3 Å². The number of anilines is 2. The second kappa shape index (κ2) is 9.78. The van der Waals surface area contributed by atoms with E-state index in [0.717, 1.165) is 22.2 Å². The Kier molecular flexibility index (Phi) is 7.29. The molecule has 2 aromatic carbocycles. The SMILES string of the molecule is COc1ccc(CNc2nnc(N3CCC(C)(O)CC3)c3ccc(C#N)cc23)cc1Cl.Cl. The highest BCUT2D eigenvalue weighted by molar-refractivity contribution is 6.32. The smallest absolute Gasteiger partial charge is 0.159 e. The van der Waals surface area contributed by atoms with E-state index in [-0.39, 0.29) is 12.4 Å². The normalized spacial score (nSPS) is 15.0. The second-order valence-corrected chi connectivity index (χ2v) is 8.46. The van der Waals surface area contributed by atoms with Crippen LogP contribution in [0.5, 0.6) is 5.75 Å². The number of halogens is 2. The standard InChI is InChI=1S/C23H24ClN5O2.ClH/c1-23(30)7-9-29(10-8-23)22-17-5-3-15(13-25)11-18(17)21(27-28-22)26-14-16-4-6-20(31-2)19(24)12-16;/h3-6,11-12,30H,7-10,14H2,1-2H3,(H,26,27);1H. The maximum absolute atomic E-state index is 10.3. The summed E-state index contributed by atoms with van der Waals surface area (Å²) in [7, 11) is 1.58. The lowest BCUT2D eigenvalue weighted by atomic mass is 9.93. The number of nitrogens with one attached hydrogen (secondary N) is 1. The van der Waals surface area contributed by atoms with E-state index >= 15 is 0 Å². The first kappa shape index (κ1) is 23.9. The number of nitrogens with zero attached hydrogens (tertiary/aromatic N) is 4. The Morgan fingerprint density at radius 1 is 1.19 bits per heavy atom. The van der Waals surface area contributed by atoms with E-state index in [9.17, 15) is 10.4 Å². The van der Waals surface area contributed by atoms with Crippen molar-refractivity contribution in [3.63, 3.8) is 0 Å². The fraction of sp³-hybridized carbons (Fsp3) is 0.348. The van der Waals surface area contributed by atoms with Gasteiger partial charge in [0.2, 0.25) is 0 Å². The zero-order valence-electron chi connectivity index (χ0n) is 17.9. The minimum atomic E-state index is -0.644. The van der Waals surface area contributed by atoms with Gasteiger partial charge in [0.15, 0.2) is 11.6 Å². The lowest BCUT2D eigenvalue weighted by Gasteiger charge is -2.36. The Bertz CT molecular complexity index is 1150. The van der Waals surface area contributed by atoms with Gasteiger partial charge < -0.3 is 20.1 Å². The number of hydrogen-bond donors (Lipinski definition) is 2. The van der Waals surface area contributed by atoms with Gasteiger partial charge in [0, 0.05) is 30.4 Å². The third-order valence-corrected chi connectivity index (χ3v) is 6.00. The van der Waals surface area contributed by atoms with Crippen LogP contribution in [0.2, 0.25) is 5.02 Å². The molecule has 1 fully saturated rings. The molecule has 3 aromatic rings. The number of fused-ring (bicyclic) bond motifs is 1. The van der Waals surface area contributed by atoms with E-state index in [4.69, 9.17) is 16.3 Å². The molecule has 9 heteroatoms. The molecule has 2 N–H and O–H groups in total. The summed E-state index contributed by atoms with van der Waals surface area (Å²) in [6.07, 6.45) is 1.34. The van der Waals surface area contributed by atoms with Gasteiger partial charge in [0.25, 0.3) is 0 Å². The molecule has 0 spiro atoms. The number of ether oxygens (including phenoxy) is 1. The summed E-state index contributed by atoms with van der Waals surface area (Å²) in [5.41, 5.74) is 0.887. The number of piperidine rings is 1. The third kappa shape index (κ3) is 4.99. The lowest BCUT2D eigenvalue weighted by molar-refractivity contribution is 0.0350. The minimum absolute atomic E-state index is 0. The largest absolute Gasteiger partial charge is 0.495 e. The number of nitriles is 1. The van der Waals surface area contributed by atoms with Crippen molar-refractivity contribution in [3.8, 4) is 11.8 Å². The molecule has 2 heterocycles. The molecule has 0 aliphatic carbocycles. The van der Waals surface area contributed by atoms with Crippen LogP contribution in [0, 0.1) is 11.3 Å². The second-order valence-electron chi connectivity index (χ2n) is 8.05. The quantitative estimate of drug-likeness (QED) is 0.560. The maximum Gasteiger partial charge on any atom is 0.159 e. The highest BCUT2D eigenvalue weighted by atomic mass is 35.5. The van der Waals surface area contributed by atoms with Gasteiger partial charge in [-0.2, -0.15) is 5.26 Å². The molecule has 168 valence electrons. The first-order valence-corrected chi connectivity index (χ1v) is 10.5. The van der Waals surface area contributed by atoms with Gasteiger partial charge in [-0.15, -0.1) is 22.6 Å². The number of benzene rings is 2. The average Bonchev–Trinajstić information content (AvgIpc) is 2.77. The van der Waals surface area contributed by atoms with Gasteiger partial charge >= 0.3 is 0 Å². The van der Waals surface area contributed by atoms with Crippen molar-refractivity contribution in [3.05, 3.63) is 52.5 Å². The van der Waals surface area contributed by atoms with Crippen LogP contribution in [0.1, 0.15) is 30.9 Å². The molecule has 32 heavy (non-hydrogen) atoms. The summed E-state index contributed by atoms with van der Waals surface area (Å²) in [5, 5.41) is 34.2. The molecule has 0 atom stereocenters. The summed E-state index contributed by atoms with van der Waals surface area (Å²) in [6.45, 7) is 3.77. The Hall–Kier alpha value is -2.79. The number of hydrogen-bond acceptors (Lipinski definition) is 7. The number of aromatic nitrogens is 2. The van der Waals surface area contributed by atoms with Crippen molar-refractivity contribution in [1.82, 2.24) is 10.2 Å². The molecular formula is C23H25Cl2N5O2. The molecule has 1 aliphatic heterocycles. The van der Waals surface area contributed by atoms with Crippen LogP contribution >= 0.6 is 24.0 Å². The van der Waals surface area contributed by atoms with E-state index in [2.05, 4.69) is 26.5 Å². The van der Waals surface area contributed by atoms with Crippen LogP contribution < -0.4 is 15.0 Å². The first-order chi connectivity index (χ1) is 14.9. The highest BCUT2D eigenvalue weighted by Crippen LogP contribution is 2.33. The van der Waals surface area contributed by atoms with E-state index in [0.29, 0.717) is 54.6 Å². The van der Waals surface area contributed by atoms with E-state index in [1.54, 1.807) is 13.2 Å². The Labute approximate surface area is 198 Å². The van der Waals surface area contributed by atoms with Crippen molar-refractivity contribution in [2.24, 2.45) is 0 Å². The lowest BCUT2D eigenvalue weighted by Crippen LogP contribution is -2.43. The number of rotatable bonds is 5. The third-order valence-electron chi connectivity index (χ3n) is 5.71. The van der Waals surface area contributed by atoms with Gasteiger partial charge in [-0.05, 0) is 55.7 Å². The number of methoxy groups -OCH3 is 1. The molecule has 4 rings (SSSR count). The first-order valence-electron chi connectivity index (χ1n) is 10.1. The van der Waals surface area contributed by atoms with Crippen LogP contribution in [-0.4, -0.2) is 41.1 Å². The van der Waals surface area contributed by atoms with Crippen LogP contribution in [-0.2, 0) is 6.54 Å². The molecule has 1 saturated heterocycles. The molecule has 0 saturated carbocycles. The van der Waals surface area contributed by atoms with Gasteiger partial charge in [0.05, 0.1) is 29.4 Å². The van der Waals surface area contributed by atoms with Gasteiger partial charge in [-0.25, -0.2) is 0 Å². The molecule has 1 aliphatic rings. The molecule has 0 unspecified atom stereocenters. The summed E-state index contributed by atoms with van der Waals surface area (Å²) in [5.74, 6) is 2.00. The van der Waals surface area contributed by atoms with Crippen LogP contribution in [0.15, 0.2) is 36.4 Å². The van der Waals surface area contributed by atoms with Crippen LogP contribution in [0.4, 0.5) is 11.6 Å². The van der Waals surface area contributed by atoms with Gasteiger partial charge in [-0.3, -0.25) is 0 Å². The molecular weight excluding hydrogens is 449 g/mol. The van der Waals surface area contributed by atoms with Crippen molar-refractivity contribution in [2.45, 2.75) is 31.9 Å². The monoisotopic (exact) mass is 473 g/mol. The summed E-state index contributed by atoms with van der Waals surface area (Å²) >= 11 is 6.23. The zero-order valence-corrected chi connectivity index (χ0v) is 19.5. The molecule has 7 nitrogen and oxygen atoms in total. The van der Waals surface area contributed by atoms with Crippen molar-refractivity contribution < 1.29 is 9.84 Å². The number of aliphatic hydroxyl groups is 1. The molecule has 0 radical (unpaired) electrons. The maximum atomic E-state index is 10.3. The predicted molar refractivity (Wildman–Crippen MR) is 129 cm³/mol. The van der Waals surface area contributed by atoms with E-state index in [1.165, 1.54) is 0 Å². The Balaban J connectivity index is 0.00000289. The Morgan fingerprint density at radius 3 is 2.59 bits per heavy atom. The van der Waals surface area contributed by atoms with E-state index in [1.807, 2.05) is 37.3 Å². The minimum Gasteiger partial charge on any atom is -0.495 e. The molecule has 0 bridgehead atoms. The van der Waals surface area contributed by atoms with Crippen LogP contribution in [0.3, 0.4) is 0 Å². The molecule has 0 amide bonds. The Morgan fingerprint density at radius 2 is 1.94 bits per heavy atom. The fourth-order valence-electron chi connectivity index (χ4n) is 3.78. The average molecular weight is 474 g/mol.